The molecule has 32 heavy (non-hydrogen) atoms. The van der Waals surface area contributed by atoms with Gasteiger partial charge in [0, 0.05) is 30.3 Å². The monoisotopic (exact) mass is 452 g/mol. The first kappa shape index (κ1) is 22.5. The smallest absolute Gasteiger partial charge is 0.110 e. The maximum absolute atomic E-state index is 10.1. The van der Waals surface area contributed by atoms with Crippen molar-refractivity contribution in [1.82, 2.24) is 9.78 Å². The number of aryl methyl sites for hydroxylation is 1. The standard InChI is InChI=1S/C25H25ClN2O4/c1-28-14-18(13-27-28)7-4-16-2-5-17(6-3-16)10-20-11-19(8-9-21(20)26)23-12-22(30)25(31)24(15-29)32-23/h2-3,5-6,8-9,11,13-14,22-25,29-31H,10,12,15H2,1H3/t22?,23?,24?,25-/m0/s1. The number of ether oxygens (including phenoxy) is 1. The second-order valence-electron chi connectivity index (χ2n) is 8.02. The summed E-state index contributed by atoms with van der Waals surface area (Å²) in [5.74, 6) is 6.23. The number of aliphatic hydroxyl groups excluding tert-OH is 3. The number of aromatic nitrogens is 2. The number of benzene rings is 2. The highest BCUT2D eigenvalue weighted by Crippen LogP contribution is 2.34. The highest BCUT2D eigenvalue weighted by molar-refractivity contribution is 6.31. The van der Waals surface area contributed by atoms with Gasteiger partial charge in [-0.05, 0) is 41.3 Å². The fraction of sp³-hybridized carbons (Fsp3) is 0.320. The van der Waals surface area contributed by atoms with E-state index in [-0.39, 0.29) is 13.0 Å². The third-order valence-electron chi connectivity index (χ3n) is 5.60. The van der Waals surface area contributed by atoms with Crippen molar-refractivity contribution >= 4 is 11.6 Å². The van der Waals surface area contributed by atoms with Crippen molar-refractivity contribution in [2.24, 2.45) is 7.05 Å². The fourth-order valence-electron chi connectivity index (χ4n) is 3.81. The Morgan fingerprint density at radius 1 is 1.12 bits per heavy atom. The molecule has 1 aromatic heterocycles. The normalized spacial score (nSPS) is 22.9. The van der Waals surface area contributed by atoms with Crippen molar-refractivity contribution in [2.75, 3.05) is 6.61 Å². The van der Waals surface area contributed by atoms with Crippen molar-refractivity contribution in [3.05, 3.63) is 87.7 Å². The van der Waals surface area contributed by atoms with Crippen molar-refractivity contribution in [2.45, 2.75) is 37.3 Å². The van der Waals surface area contributed by atoms with Crippen LogP contribution in [0, 0.1) is 11.8 Å². The molecule has 2 aromatic carbocycles. The van der Waals surface area contributed by atoms with Gasteiger partial charge in [0.25, 0.3) is 0 Å². The molecule has 0 radical (unpaired) electrons. The van der Waals surface area contributed by atoms with Gasteiger partial charge in [-0.25, -0.2) is 0 Å². The van der Waals surface area contributed by atoms with E-state index in [0.717, 1.165) is 27.8 Å². The van der Waals surface area contributed by atoms with E-state index in [9.17, 15) is 15.3 Å². The van der Waals surface area contributed by atoms with E-state index in [2.05, 4.69) is 16.9 Å². The van der Waals surface area contributed by atoms with Crippen LogP contribution in [0.3, 0.4) is 0 Å². The second-order valence-corrected chi connectivity index (χ2v) is 8.42. The Hall–Kier alpha value is -2.66. The van der Waals surface area contributed by atoms with Gasteiger partial charge in [0.1, 0.15) is 12.2 Å². The molecule has 6 nitrogen and oxygen atoms in total. The number of hydrogen-bond acceptors (Lipinski definition) is 5. The molecule has 1 fully saturated rings. The first-order valence-corrected chi connectivity index (χ1v) is 10.8. The predicted molar refractivity (Wildman–Crippen MR) is 121 cm³/mol. The molecule has 7 heteroatoms. The lowest BCUT2D eigenvalue weighted by Gasteiger charge is -2.36. The maximum atomic E-state index is 10.1. The van der Waals surface area contributed by atoms with Crippen molar-refractivity contribution in [1.29, 1.82) is 0 Å². The molecule has 166 valence electrons. The van der Waals surface area contributed by atoms with Gasteiger partial charge in [-0.2, -0.15) is 5.10 Å². The van der Waals surface area contributed by atoms with Crippen LogP contribution in [0.4, 0.5) is 0 Å². The van der Waals surface area contributed by atoms with E-state index >= 15 is 0 Å². The van der Waals surface area contributed by atoms with Crippen LogP contribution in [0.2, 0.25) is 5.02 Å². The molecule has 0 amide bonds. The molecule has 0 spiro atoms. The van der Waals surface area contributed by atoms with E-state index in [0.29, 0.717) is 11.4 Å². The summed E-state index contributed by atoms with van der Waals surface area (Å²) in [5, 5.41) is 34.3. The number of halogens is 1. The molecule has 3 aromatic rings. The SMILES string of the molecule is Cn1cc(C#Cc2ccc(Cc3cc(C4CC(O)[C@H](O)C(CO)O4)ccc3Cl)cc2)cn1. The van der Waals surface area contributed by atoms with Crippen LogP contribution in [-0.2, 0) is 18.2 Å². The van der Waals surface area contributed by atoms with Crippen LogP contribution in [0.1, 0.15) is 40.3 Å². The summed E-state index contributed by atoms with van der Waals surface area (Å²) in [7, 11) is 1.86. The largest absolute Gasteiger partial charge is 0.394 e. The molecular formula is C25H25ClN2O4. The maximum Gasteiger partial charge on any atom is 0.110 e. The van der Waals surface area contributed by atoms with Gasteiger partial charge in [0.2, 0.25) is 0 Å². The Balaban J connectivity index is 1.48. The average molecular weight is 453 g/mol. The van der Waals surface area contributed by atoms with E-state index in [1.807, 2.05) is 55.7 Å². The van der Waals surface area contributed by atoms with Crippen LogP contribution in [0.5, 0.6) is 0 Å². The van der Waals surface area contributed by atoms with E-state index in [4.69, 9.17) is 16.3 Å². The molecule has 3 N–H and O–H groups in total. The Morgan fingerprint density at radius 3 is 2.56 bits per heavy atom. The topological polar surface area (TPSA) is 87.7 Å². The van der Waals surface area contributed by atoms with Gasteiger partial charge in [0.15, 0.2) is 0 Å². The summed E-state index contributed by atoms with van der Waals surface area (Å²) < 4.78 is 7.52. The predicted octanol–water partition coefficient (Wildman–Crippen LogP) is 2.61. The molecule has 1 saturated heterocycles. The van der Waals surface area contributed by atoms with Crippen molar-refractivity contribution in [3.8, 4) is 11.8 Å². The van der Waals surface area contributed by atoms with Crippen LogP contribution < -0.4 is 0 Å². The number of hydrogen-bond donors (Lipinski definition) is 3. The van der Waals surface area contributed by atoms with Gasteiger partial charge in [0.05, 0.1) is 30.6 Å². The zero-order chi connectivity index (χ0) is 22.7. The molecule has 3 unspecified atom stereocenters. The summed E-state index contributed by atoms with van der Waals surface area (Å²) in [4.78, 5) is 0. The fourth-order valence-corrected chi connectivity index (χ4v) is 3.99. The first-order chi connectivity index (χ1) is 15.4. The highest BCUT2D eigenvalue weighted by Gasteiger charge is 2.37. The van der Waals surface area contributed by atoms with Gasteiger partial charge in [-0.15, -0.1) is 0 Å². The summed E-state index contributed by atoms with van der Waals surface area (Å²) in [6.07, 6.45) is 1.19. The molecule has 1 aliphatic heterocycles. The van der Waals surface area contributed by atoms with Crippen LogP contribution >= 0.6 is 11.6 Å². The molecule has 0 aliphatic carbocycles. The summed E-state index contributed by atoms with van der Waals surface area (Å²) in [6.45, 7) is -0.356. The quantitative estimate of drug-likeness (QED) is 0.530. The third-order valence-corrected chi connectivity index (χ3v) is 5.96. The average Bonchev–Trinajstić information content (AvgIpc) is 3.21. The van der Waals surface area contributed by atoms with Gasteiger partial charge >= 0.3 is 0 Å². The number of aliphatic hydroxyl groups is 3. The molecule has 2 heterocycles. The van der Waals surface area contributed by atoms with Gasteiger partial charge in [-0.3, -0.25) is 4.68 Å². The van der Waals surface area contributed by atoms with E-state index < -0.39 is 24.4 Å². The molecule has 4 atom stereocenters. The number of rotatable bonds is 4. The Kier molecular flexibility index (Phi) is 6.95. The summed E-state index contributed by atoms with van der Waals surface area (Å²) >= 11 is 6.44. The lowest BCUT2D eigenvalue weighted by atomic mass is 9.92. The minimum atomic E-state index is -1.09. The van der Waals surface area contributed by atoms with Crippen molar-refractivity contribution in [3.63, 3.8) is 0 Å². The minimum Gasteiger partial charge on any atom is -0.394 e. The minimum absolute atomic E-state index is 0.253. The lowest BCUT2D eigenvalue weighted by molar-refractivity contribution is -0.181. The van der Waals surface area contributed by atoms with Crippen LogP contribution in [0.15, 0.2) is 54.9 Å². The second kappa shape index (κ2) is 9.86. The Bertz CT molecular complexity index is 1130. The van der Waals surface area contributed by atoms with Crippen molar-refractivity contribution < 1.29 is 20.1 Å². The van der Waals surface area contributed by atoms with E-state index in [1.54, 1.807) is 10.9 Å². The first-order valence-electron chi connectivity index (χ1n) is 10.4. The molecule has 1 aliphatic rings. The molecule has 0 saturated carbocycles. The molecular weight excluding hydrogens is 428 g/mol. The van der Waals surface area contributed by atoms with Gasteiger partial charge < -0.3 is 20.1 Å². The van der Waals surface area contributed by atoms with Crippen LogP contribution in [0.25, 0.3) is 0 Å². The van der Waals surface area contributed by atoms with Crippen LogP contribution in [-0.4, -0.2) is 50.0 Å². The highest BCUT2D eigenvalue weighted by atomic mass is 35.5. The zero-order valence-corrected chi connectivity index (χ0v) is 18.4. The Labute approximate surface area is 192 Å². The van der Waals surface area contributed by atoms with E-state index in [1.165, 1.54) is 0 Å². The Morgan fingerprint density at radius 2 is 1.88 bits per heavy atom. The zero-order valence-electron chi connectivity index (χ0n) is 17.6. The molecule has 0 bridgehead atoms. The van der Waals surface area contributed by atoms with Gasteiger partial charge in [-0.1, -0.05) is 47.7 Å². The number of nitrogens with zero attached hydrogens (tertiary/aromatic N) is 2. The lowest BCUT2D eigenvalue weighted by Crippen LogP contribution is -2.47. The summed E-state index contributed by atoms with van der Waals surface area (Å²) in [6, 6.07) is 13.6. The molecule has 4 rings (SSSR count). The summed E-state index contributed by atoms with van der Waals surface area (Å²) in [5.41, 5.74) is 4.65. The third kappa shape index (κ3) is 5.21.